The van der Waals surface area contributed by atoms with Crippen LogP contribution in [0.1, 0.15) is 23.8 Å². The van der Waals surface area contributed by atoms with Crippen molar-refractivity contribution < 1.29 is 4.74 Å². The van der Waals surface area contributed by atoms with Gasteiger partial charge in [0.2, 0.25) is 0 Å². The van der Waals surface area contributed by atoms with Gasteiger partial charge in [0.05, 0.1) is 5.02 Å². The summed E-state index contributed by atoms with van der Waals surface area (Å²) in [5.41, 5.74) is 6.99. The van der Waals surface area contributed by atoms with Gasteiger partial charge in [0.15, 0.2) is 0 Å². The van der Waals surface area contributed by atoms with E-state index in [9.17, 15) is 0 Å². The van der Waals surface area contributed by atoms with E-state index in [0.29, 0.717) is 28.8 Å². The average Bonchev–Trinajstić information content (AvgIpc) is 2.83. The van der Waals surface area contributed by atoms with E-state index in [4.69, 9.17) is 33.7 Å². The summed E-state index contributed by atoms with van der Waals surface area (Å²) in [6.45, 7) is 2.53. The molecule has 1 atom stereocenters. The Balaban J connectivity index is 2.19. The van der Waals surface area contributed by atoms with Crippen LogP contribution in [0.3, 0.4) is 0 Å². The minimum absolute atomic E-state index is 0.0674. The number of nitrogens with two attached hydrogens (primary N) is 1. The molecule has 0 spiro atoms. The average molecular weight is 409 g/mol. The number of thiophene rings is 1. The summed E-state index contributed by atoms with van der Waals surface area (Å²) in [4.78, 5) is 1.12. The Labute approximate surface area is 147 Å². The number of benzene rings is 1. The zero-order valence-electron chi connectivity index (χ0n) is 11.5. The lowest BCUT2D eigenvalue weighted by Crippen LogP contribution is -2.21. The molecule has 2 nitrogen and oxygen atoms in total. The highest BCUT2D eigenvalue weighted by atomic mass is 79.9. The van der Waals surface area contributed by atoms with Crippen LogP contribution in [-0.4, -0.2) is 6.04 Å². The smallest absolute Gasteiger partial charge is 0.141 e. The molecule has 0 amide bonds. The van der Waals surface area contributed by atoms with Gasteiger partial charge in [-0.05, 0) is 52.5 Å². The maximum atomic E-state index is 6.28. The molecule has 0 saturated carbocycles. The first-order valence-electron chi connectivity index (χ1n) is 6.58. The summed E-state index contributed by atoms with van der Waals surface area (Å²) < 4.78 is 6.97. The molecule has 0 saturated heterocycles. The molecule has 0 aliphatic heterocycles. The molecular formula is C15H16BrCl2NOS. The van der Waals surface area contributed by atoms with Gasteiger partial charge in [-0.3, -0.25) is 0 Å². The minimum atomic E-state index is 0.0674. The Kier molecular flexibility index (Phi) is 6.38. The lowest BCUT2D eigenvalue weighted by atomic mass is 10.0. The quantitative estimate of drug-likeness (QED) is 0.667. The summed E-state index contributed by atoms with van der Waals surface area (Å²) in [6.07, 6.45) is 1.59. The second kappa shape index (κ2) is 7.84. The number of ether oxygens (including phenoxy) is 1. The number of rotatable bonds is 6. The fraction of sp³-hybridized carbons (Fsp3) is 0.333. The molecule has 0 radical (unpaired) electrons. The van der Waals surface area contributed by atoms with Crippen molar-refractivity contribution in [3.05, 3.63) is 48.5 Å². The van der Waals surface area contributed by atoms with Crippen molar-refractivity contribution in [2.45, 2.75) is 32.4 Å². The number of halogens is 3. The summed E-state index contributed by atoms with van der Waals surface area (Å²) in [5, 5.41) is 3.15. The SMILES string of the molecule is CCC(N)Cc1cc(Cl)cc(Cl)c1OCc1cc(Br)cs1. The van der Waals surface area contributed by atoms with Crippen molar-refractivity contribution >= 4 is 50.5 Å². The Hall–Kier alpha value is -0.260. The largest absolute Gasteiger partial charge is 0.486 e. The van der Waals surface area contributed by atoms with Gasteiger partial charge in [0.1, 0.15) is 12.4 Å². The van der Waals surface area contributed by atoms with Crippen LogP contribution in [0.4, 0.5) is 0 Å². The van der Waals surface area contributed by atoms with Crippen molar-refractivity contribution in [3.63, 3.8) is 0 Å². The molecule has 1 aromatic heterocycles. The molecule has 2 N–H and O–H groups in total. The van der Waals surface area contributed by atoms with Crippen LogP contribution in [0.2, 0.25) is 10.0 Å². The van der Waals surface area contributed by atoms with Crippen molar-refractivity contribution in [1.82, 2.24) is 0 Å². The van der Waals surface area contributed by atoms with Gasteiger partial charge >= 0.3 is 0 Å². The first-order valence-corrected chi connectivity index (χ1v) is 9.01. The van der Waals surface area contributed by atoms with Crippen molar-refractivity contribution in [2.24, 2.45) is 5.73 Å². The highest BCUT2D eigenvalue weighted by Gasteiger charge is 2.14. The fourth-order valence-electron chi connectivity index (χ4n) is 1.93. The first-order chi connectivity index (χ1) is 9.99. The maximum absolute atomic E-state index is 6.28. The molecule has 21 heavy (non-hydrogen) atoms. The molecular weight excluding hydrogens is 393 g/mol. The van der Waals surface area contributed by atoms with Crippen molar-refractivity contribution in [1.29, 1.82) is 0 Å². The Morgan fingerprint density at radius 2 is 2.10 bits per heavy atom. The zero-order chi connectivity index (χ0) is 15.4. The number of hydrogen-bond donors (Lipinski definition) is 1. The van der Waals surface area contributed by atoms with Gasteiger partial charge < -0.3 is 10.5 Å². The van der Waals surface area contributed by atoms with Crippen molar-refractivity contribution in [3.8, 4) is 5.75 Å². The van der Waals surface area contributed by atoms with E-state index in [1.807, 2.05) is 17.5 Å². The molecule has 2 aromatic rings. The van der Waals surface area contributed by atoms with Crippen LogP contribution >= 0.6 is 50.5 Å². The monoisotopic (exact) mass is 407 g/mol. The van der Waals surface area contributed by atoms with Gasteiger partial charge in [0, 0.05) is 25.8 Å². The predicted octanol–water partition coefficient (Wildman–Crippen LogP) is 5.68. The summed E-state index contributed by atoms with van der Waals surface area (Å²) in [7, 11) is 0. The van der Waals surface area contributed by atoms with Crippen LogP contribution < -0.4 is 10.5 Å². The van der Waals surface area contributed by atoms with E-state index in [1.165, 1.54) is 0 Å². The Morgan fingerprint density at radius 1 is 1.33 bits per heavy atom. The van der Waals surface area contributed by atoms with Gasteiger partial charge in [-0.15, -0.1) is 11.3 Å². The predicted molar refractivity (Wildman–Crippen MR) is 94.8 cm³/mol. The minimum Gasteiger partial charge on any atom is -0.486 e. The van der Waals surface area contributed by atoms with Gasteiger partial charge in [0.25, 0.3) is 0 Å². The van der Waals surface area contributed by atoms with E-state index in [1.54, 1.807) is 17.4 Å². The highest BCUT2D eigenvalue weighted by molar-refractivity contribution is 9.10. The molecule has 1 heterocycles. The number of hydrogen-bond acceptors (Lipinski definition) is 3. The second-order valence-electron chi connectivity index (χ2n) is 4.77. The lowest BCUT2D eigenvalue weighted by Gasteiger charge is -2.16. The standard InChI is InChI=1S/C15H16BrCl2NOS/c1-2-12(19)4-9-3-11(17)6-14(18)15(9)20-7-13-5-10(16)8-21-13/h3,5-6,8,12H,2,4,7,19H2,1H3. The third kappa shape index (κ3) is 4.86. The van der Waals surface area contributed by atoms with E-state index in [-0.39, 0.29) is 6.04 Å². The van der Waals surface area contributed by atoms with E-state index >= 15 is 0 Å². The van der Waals surface area contributed by atoms with Crippen LogP contribution in [0.5, 0.6) is 5.75 Å². The summed E-state index contributed by atoms with van der Waals surface area (Å²) in [5.74, 6) is 0.675. The van der Waals surface area contributed by atoms with E-state index in [0.717, 1.165) is 21.3 Å². The van der Waals surface area contributed by atoms with Crippen LogP contribution in [0.15, 0.2) is 28.1 Å². The molecule has 0 fully saturated rings. The summed E-state index contributed by atoms with van der Waals surface area (Å²) >= 11 is 17.4. The van der Waals surface area contributed by atoms with Gasteiger partial charge in [-0.1, -0.05) is 30.1 Å². The lowest BCUT2D eigenvalue weighted by molar-refractivity contribution is 0.306. The van der Waals surface area contributed by atoms with E-state index < -0.39 is 0 Å². The third-order valence-corrected chi connectivity index (χ3v) is 5.24. The topological polar surface area (TPSA) is 35.2 Å². The maximum Gasteiger partial charge on any atom is 0.141 e. The molecule has 0 aliphatic carbocycles. The van der Waals surface area contributed by atoms with Gasteiger partial charge in [-0.2, -0.15) is 0 Å². The van der Waals surface area contributed by atoms with E-state index in [2.05, 4.69) is 22.9 Å². The molecule has 1 unspecified atom stereocenters. The van der Waals surface area contributed by atoms with Crippen LogP contribution in [-0.2, 0) is 13.0 Å². The van der Waals surface area contributed by atoms with Crippen molar-refractivity contribution in [2.75, 3.05) is 0 Å². The normalized spacial score (nSPS) is 12.4. The molecule has 6 heteroatoms. The fourth-order valence-corrected chi connectivity index (χ4v) is 3.88. The Morgan fingerprint density at radius 3 is 2.71 bits per heavy atom. The van der Waals surface area contributed by atoms with Gasteiger partial charge in [-0.25, -0.2) is 0 Å². The van der Waals surface area contributed by atoms with Crippen LogP contribution in [0, 0.1) is 0 Å². The zero-order valence-corrected chi connectivity index (χ0v) is 15.5. The first kappa shape index (κ1) is 17.1. The second-order valence-corrected chi connectivity index (χ2v) is 7.52. The highest BCUT2D eigenvalue weighted by Crippen LogP contribution is 2.34. The Bertz CT molecular complexity index is 618. The molecule has 0 aliphatic rings. The molecule has 2 rings (SSSR count). The molecule has 1 aromatic carbocycles. The third-order valence-electron chi connectivity index (χ3n) is 3.07. The molecule has 0 bridgehead atoms. The van der Waals surface area contributed by atoms with Crippen LogP contribution in [0.25, 0.3) is 0 Å². The molecule has 114 valence electrons. The summed E-state index contributed by atoms with van der Waals surface area (Å²) in [6, 6.07) is 5.68.